The molecule has 2 rings (SSSR count). The first-order chi connectivity index (χ1) is 8.74. The molecule has 4 heteroatoms. The van der Waals surface area contributed by atoms with E-state index in [9.17, 15) is 0 Å². The Balaban J connectivity index is 2.07. The highest BCUT2D eigenvalue weighted by atomic mass is 35.5. The second kappa shape index (κ2) is 6.39. The van der Waals surface area contributed by atoms with Gasteiger partial charge in [-0.25, -0.2) is 4.98 Å². The molecule has 1 heterocycles. The maximum Gasteiger partial charge on any atom is 0.213 e. The van der Waals surface area contributed by atoms with Crippen molar-refractivity contribution in [2.75, 3.05) is 0 Å². The summed E-state index contributed by atoms with van der Waals surface area (Å²) in [4.78, 5) is 4.37. The van der Waals surface area contributed by atoms with E-state index >= 15 is 0 Å². The SMILES string of the molecule is CCC1CCCCC1Oc1ccc(Cl)c(CN)n1. The minimum Gasteiger partial charge on any atom is -0.474 e. The van der Waals surface area contributed by atoms with Gasteiger partial charge in [-0.15, -0.1) is 0 Å². The van der Waals surface area contributed by atoms with Crippen LogP contribution in [0, 0.1) is 5.92 Å². The Hall–Kier alpha value is -0.800. The molecule has 2 N–H and O–H groups in total. The van der Waals surface area contributed by atoms with Gasteiger partial charge in [0.05, 0.1) is 10.7 Å². The highest BCUT2D eigenvalue weighted by Gasteiger charge is 2.25. The predicted molar refractivity (Wildman–Crippen MR) is 73.8 cm³/mol. The van der Waals surface area contributed by atoms with Crippen molar-refractivity contribution in [3.63, 3.8) is 0 Å². The Kier molecular flexibility index (Phi) is 4.84. The number of nitrogens with two attached hydrogens (primary N) is 1. The molecule has 1 fully saturated rings. The summed E-state index contributed by atoms with van der Waals surface area (Å²) in [5, 5.41) is 0.612. The Bertz CT molecular complexity index is 397. The van der Waals surface area contributed by atoms with Crippen molar-refractivity contribution in [3.05, 3.63) is 22.8 Å². The van der Waals surface area contributed by atoms with Crippen LogP contribution in [-0.2, 0) is 6.54 Å². The number of pyridine rings is 1. The zero-order valence-corrected chi connectivity index (χ0v) is 11.6. The third-order valence-electron chi connectivity index (χ3n) is 3.72. The maximum absolute atomic E-state index is 6.03. The molecule has 0 radical (unpaired) electrons. The highest BCUT2D eigenvalue weighted by Crippen LogP contribution is 2.30. The van der Waals surface area contributed by atoms with Crippen LogP contribution >= 0.6 is 11.6 Å². The molecule has 100 valence electrons. The van der Waals surface area contributed by atoms with Crippen molar-refractivity contribution in [1.82, 2.24) is 4.98 Å². The van der Waals surface area contributed by atoms with Crippen molar-refractivity contribution in [2.45, 2.75) is 51.7 Å². The van der Waals surface area contributed by atoms with Gasteiger partial charge in [0.1, 0.15) is 6.10 Å². The van der Waals surface area contributed by atoms with Crippen LogP contribution in [0.2, 0.25) is 5.02 Å². The van der Waals surface area contributed by atoms with Gasteiger partial charge in [-0.1, -0.05) is 24.9 Å². The maximum atomic E-state index is 6.03. The Morgan fingerprint density at radius 1 is 1.39 bits per heavy atom. The van der Waals surface area contributed by atoms with Crippen LogP contribution < -0.4 is 10.5 Å². The van der Waals surface area contributed by atoms with Crippen LogP contribution in [-0.4, -0.2) is 11.1 Å². The lowest BCUT2D eigenvalue weighted by Gasteiger charge is -2.30. The average molecular weight is 269 g/mol. The number of nitrogens with zero attached hydrogens (tertiary/aromatic N) is 1. The molecular weight excluding hydrogens is 248 g/mol. The summed E-state index contributed by atoms with van der Waals surface area (Å²) in [5.41, 5.74) is 6.31. The summed E-state index contributed by atoms with van der Waals surface area (Å²) in [6.07, 6.45) is 6.42. The van der Waals surface area contributed by atoms with Gasteiger partial charge in [-0.2, -0.15) is 0 Å². The average Bonchev–Trinajstić information content (AvgIpc) is 2.41. The van der Waals surface area contributed by atoms with E-state index < -0.39 is 0 Å². The van der Waals surface area contributed by atoms with Crippen LogP contribution in [0.4, 0.5) is 0 Å². The molecule has 0 spiro atoms. The summed E-state index contributed by atoms with van der Waals surface area (Å²) in [6, 6.07) is 3.65. The minimum absolute atomic E-state index is 0.294. The normalized spacial score (nSPS) is 23.9. The predicted octanol–water partition coefficient (Wildman–Crippen LogP) is 3.54. The smallest absolute Gasteiger partial charge is 0.213 e. The monoisotopic (exact) mass is 268 g/mol. The third-order valence-corrected chi connectivity index (χ3v) is 4.07. The molecule has 0 aromatic carbocycles. The summed E-state index contributed by atoms with van der Waals surface area (Å²) in [5.74, 6) is 1.31. The van der Waals surface area contributed by atoms with Gasteiger partial charge < -0.3 is 10.5 Å². The molecular formula is C14H21ClN2O. The zero-order chi connectivity index (χ0) is 13.0. The van der Waals surface area contributed by atoms with Crippen LogP contribution in [0.1, 0.15) is 44.7 Å². The number of hydrogen-bond donors (Lipinski definition) is 1. The fraction of sp³-hybridized carbons (Fsp3) is 0.643. The second-order valence-electron chi connectivity index (χ2n) is 4.89. The van der Waals surface area contributed by atoms with Crippen LogP contribution in [0.25, 0.3) is 0 Å². The van der Waals surface area contributed by atoms with Gasteiger partial charge in [0.2, 0.25) is 5.88 Å². The molecule has 3 nitrogen and oxygen atoms in total. The largest absolute Gasteiger partial charge is 0.474 e. The lowest BCUT2D eigenvalue weighted by molar-refractivity contribution is 0.0856. The number of aromatic nitrogens is 1. The standard InChI is InChI=1S/C14H21ClN2O/c1-2-10-5-3-4-6-13(10)18-14-8-7-11(15)12(9-16)17-14/h7-8,10,13H,2-6,9,16H2,1H3. The Labute approximate surface area is 114 Å². The van der Waals surface area contributed by atoms with E-state index in [4.69, 9.17) is 22.1 Å². The topological polar surface area (TPSA) is 48.1 Å². The first-order valence-electron chi connectivity index (χ1n) is 6.76. The quantitative estimate of drug-likeness (QED) is 0.909. The van der Waals surface area contributed by atoms with E-state index in [-0.39, 0.29) is 0 Å². The number of ether oxygens (including phenoxy) is 1. The summed E-state index contributed by atoms with van der Waals surface area (Å²) in [7, 11) is 0. The molecule has 0 amide bonds. The first kappa shape index (κ1) is 13.6. The van der Waals surface area contributed by atoms with Gasteiger partial charge in [-0.05, 0) is 37.7 Å². The number of rotatable bonds is 4. The van der Waals surface area contributed by atoms with E-state index in [0.717, 1.165) is 6.42 Å². The Morgan fingerprint density at radius 2 is 2.17 bits per heavy atom. The molecule has 1 aliphatic carbocycles. The number of hydrogen-bond acceptors (Lipinski definition) is 3. The van der Waals surface area contributed by atoms with Crippen LogP contribution in [0.15, 0.2) is 12.1 Å². The zero-order valence-electron chi connectivity index (χ0n) is 10.9. The lowest BCUT2D eigenvalue weighted by atomic mass is 9.85. The molecule has 0 bridgehead atoms. The molecule has 1 aromatic heterocycles. The number of halogens is 1. The van der Waals surface area contributed by atoms with Crippen molar-refractivity contribution >= 4 is 11.6 Å². The Morgan fingerprint density at radius 3 is 2.89 bits per heavy atom. The molecule has 2 unspecified atom stereocenters. The summed E-state index contributed by atoms with van der Waals surface area (Å²) < 4.78 is 6.03. The van der Waals surface area contributed by atoms with Gasteiger partial charge in [0.15, 0.2) is 0 Å². The molecule has 18 heavy (non-hydrogen) atoms. The third kappa shape index (κ3) is 3.15. The van der Waals surface area contributed by atoms with Crippen LogP contribution in [0.5, 0.6) is 5.88 Å². The van der Waals surface area contributed by atoms with Gasteiger partial charge in [0, 0.05) is 12.6 Å². The fourth-order valence-corrected chi connectivity index (χ4v) is 2.81. The highest BCUT2D eigenvalue weighted by molar-refractivity contribution is 6.31. The van der Waals surface area contributed by atoms with Gasteiger partial charge >= 0.3 is 0 Å². The minimum atomic E-state index is 0.294. The van der Waals surface area contributed by atoms with Gasteiger partial charge in [0.25, 0.3) is 0 Å². The lowest BCUT2D eigenvalue weighted by Crippen LogP contribution is -2.30. The molecule has 1 aromatic rings. The van der Waals surface area contributed by atoms with E-state index in [1.54, 1.807) is 0 Å². The molecule has 1 aliphatic rings. The first-order valence-corrected chi connectivity index (χ1v) is 7.14. The van der Waals surface area contributed by atoms with Crippen molar-refractivity contribution in [3.8, 4) is 5.88 Å². The molecule has 2 atom stereocenters. The van der Waals surface area contributed by atoms with E-state index in [1.165, 1.54) is 25.7 Å². The second-order valence-corrected chi connectivity index (χ2v) is 5.30. The van der Waals surface area contributed by atoms with E-state index in [2.05, 4.69) is 11.9 Å². The van der Waals surface area contributed by atoms with Gasteiger partial charge in [-0.3, -0.25) is 0 Å². The summed E-state index contributed by atoms with van der Waals surface area (Å²) in [6.45, 7) is 2.57. The molecule has 0 aliphatic heterocycles. The van der Waals surface area contributed by atoms with Crippen molar-refractivity contribution in [2.24, 2.45) is 11.7 Å². The van der Waals surface area contributed by atoms with E-state index in [1.807, 2.05) is 12.1 Å². The van der Waals surface area contributed by atoms with E-state index in [0.29, 0.717) is 35.2 Å². The molecule has 1 saturated carbocycles. The van der Waals surface area contributed by atoms with Crippen molar-refractivity contribution < 1.29 is 4.74 Å². The van der Waals surface area contributed by atoms with Crippen molar-refractivity contribution in [1.29, 1.82) is 0 Å². The van der Waals surface area contributed by atoms with Crippen LogP contribution in [0.3, 0.4) is 0 Å². The fourth-order valence-electron chi connectivity index (χ4n) is 2.62. The molecule has 0 saturated heterocycles. The summed E-state index contributed by atoms with van der Waals surface area (Å²) >= 11 is 6.00.